The van der Waals surface area contributed by atoms with E-state index >= 15 is 0 Å². The van der Waals surface area contributed by atoms with Gasteiger partial charge in [0.25, 0.3) is 0 Å². The predicted molar refractivity (Wildman–Crippen MR) is 76.2 cm³/mol. The van der Waals surface area contributed by atoms with Crippen LogP contribution in [0.5, 0.6) is 5.75 Å². The summed E-state index contributed by atoms with van der Waals surface area (Å²) < 4.78 is 5.26. The lowest BCUT2D eigenvalue weighted by molar-refractivity contribution is 0.202. The van der Waals surface area contributed by atoms with Gasteiger partial charge in [-0.1, -0.05) is 12.1 Å². The molecule has 0 spiro atoms. The van der Waals surface area contributed by atoms with Crippen molar-refractivity contribution in [2.45, 2.75) is 32.5 Å². The summed E-state index contributed by atoms with van der Waals surface area (Å²) >= 11 is 5.35. The van der Waals surface area contributed by atoms with E-state index in [1.165, 1.54) is 0 Å². The first kappa shape index (κ1) is 13.1. The third-order valence-electron chi connectivity index (χ3n) is 3.08. The molecule has 2 N–H and O–H groups in total. The number of methoxy groups -OCH3 is 1. The Morgan fingerprint density at radius 2 is 2.11 bits per heavy atom. The Balaban J connectivity index is 2.29. The van der Waals surface area contributed by atoms with E-state index in [4.69, 9.17) is 17.0 Å². The van der Waals surface area contributed by atoms with Gasteiger partial charge in [0.15, 0.2) is 5.11 Å². The van der Waals surface area contributed by atoms with Gasteiger partial charge < -0.3 is 10.1 Å². The van der Waals surface area contributed by atoms with Crippen molar-refractivity contribution in [2.75, 3.05) is 7.11 Å². The molecule has 0 radical (unpaired) electrons. The highest BCUT2D eigenvalue weighted by Crippen LogP contribution is 2.26. The molecule has 0 bridgehead atoms. The van der Waals surface area contributed by atoms with Crippen LogP contribution in [0.3, 0.4) is 0 Å². The SMILES string of the molecule is COc1cccc([C@@]2(C)NC(=S)N(C(C)C)N2)c1. The van der Waals surface area contributed by atoms with Crippen LogP contribution in [-0.4, -0.2) is 23.3 Å². The number of benzene rings is 1. The summed E-state index contributed by atoms with van der Waals surface area (Å²) in [6, 6.07) is 8.27. The van der Waals surface area contributed by atoms with Crippen LogP contribution in [0.2, 0.25) is 0 Å². The summed E-state index contributed by atoms with van der Waals surface area (Å²) in [5.74, 6) is 0.839. The summed E-state index contributed by atoms with van der Waals surface area (Å²) in [7, 11) is 1.67. The normalized spacial score (nSPS) is 23.4. The molecule has 0 unspecified atom stereocenters. The number of ether oxygens (including phenoxy) is 1. The molecule has 18 heavy (non-hydrogen) atoms. The number of rotatable bonds is 3. The number of hydrazine groups is 1. The molecule has 1 fully saturated rings. The molecule has 1 heterocycles. The number of thiocarbonyl (C=S) groups is 1. The van der Waals surface area contributed by atoms with Gasteiger partial charge in [0.05, 0.1) is 7.11 Å². The van der Waals surface area contributed by atoms with Crippen LogP contribution in [0.15, 0.2) is 24.3 Å². The first-order chi connectivity index (χ1) is 8.46. The molecule has 0 aliphatic carbocycles. The monoisotopic (exact) mass is 265 g/mol. The zero-order valence-electron chi connectivity index (χ0n) is 11.2. The highest BCUT2D eigenvalue weighted by atomic mass is 32.1. The standard InChI is InChI=1S/C13H19N3OS/c1-9(2)16-12(18)14-13(3,15-16)10-6-5-7-11(8-10)17-4/h5-9,15H,1-4H3,(H,14,18)/t13-/m0/s1. The second-order valence-electron chi connectivity index (χ2n) is 4.86. The Morgan fingerprint density at radius 3 is 2.67 bits per heavy atom. The number of nitrogens with zero attached hydrogens (tertiary/aromatic N) is 1. The van der Waals surface area contributed by atoms with Crippen molar-refractivity contribution in [1.82, 2.24) is 15.8 Å². The first-order valence-electron chi connectivity index (χ1n) is 6.00. The summed E-state index contributed by atoms with van der Waals surface area (Å²) in [6.07, 6.45) is 0. The molecule has 1 atom stereocenters. The van der Waals surface area contributed by atoms with Crippen LogP contribution in [0, 0.1) is 0 Å². The minimum atomic E-state index is -0.393. The van der Waals surface area contributed by atoms with Crippen LogP contribution in [0.1, 0.15) is 26.3 Å². The third kappa shape index (κ3) is 2.28. The van der Waals surface area contributed by atoms with Crippen molar-refractivity contribution >= 4 is 17.3 Å². The van der Waals surface area contributed by atoms with Crippen LogP contribution in [-0.2, 0) is 5.66 Å². The maximum atomic E-state index is 5.35. The molecule has 0 saturated carbocycles. The van der Waals surface area contributed by atoms with Crippen molar-refractivity contribution in [1.29, 1.82) is 0 Å². The minimum absolute atomic E-state index is 0.303. The second-order valence-corrected chi connectivity index (χ2v) is 5.25. The maximum Gasteiger partial charge on any atom is 0.185 e. The van der Waals surface area contributed by atoms with Crippen LogP contribution < -0.4 is 15.5 Å². The average Bonchev–Trinajstić information content (AvgIpc) is 2.66. The predicted octanol–water partition coefficient (Wildman–Crippen LogP) is 1.97. The number of hydrogen-bond donors (Lipinski definition) is 2. The van der Waals surface area contributed by atoms with Crippen molar-refractivity contribution in [3.8, 4) is 5.75 Å². The van der Waals surface area contributed by atoms with Crippen LogP contribution in [0.4, 0.5) is 0 Å². The van der Waals surface area contributed by atoms with Gasteiger partial charge in [0.2, 0.25) is 0 Å². The Morgan fingerprint density at radius 1 is 1.39 bits per heavy atom. The molecule has 1 aliphatic rings. The van der Waals surface area contributed by atoms with E-state index in [1.807, 2.05) is 23.2 Å². The lowest BCUT2D eigenvalue weighted by Gasteiger charge is -2.27. The fraction of sp³-hybridized carbons (Fsp3) is 0.462. The van der Waals surface area contributed by atoms with Gasteiger partial charge in [-0.25, -0.2) is 5.43 Å². The van der Waals surface area contributed by atoms with Crippen LogP contribution >= 0.6 is 12.2 Å². The lowest BCUT2D eigenvalue weighted by atomic mass is 10.0. The largest absolute Gasteiger partial charge is 0.497 e. The Bertz CT molecular complexity index is 463. The third-order valence-corrected chi connectivity index (χ3v) is 3.38. The van der Waals surface area contributed by atoms with Gasteiger partial charge in [-0.3, -0.25) is 5.01 Å². The molecule has 1 aromatic carbocycles. The van der Waals surface area contributed by atoms with Gasteiger partial charge in [-0.2, -0.15) is 0 Å². The molecule has 1 aromatic rings. The molecule has 1 saturated heterocycles. The fourth-order valence-electron chi connectivity index (χ4n) is 2.03. The Labute approximate surface area is 113 Å². The highest BCUT2D eigenvalue weighted by Gasteiger charge is 2.38. The zero-order chi connectivity index (χ0) is 13.3. The number of nitrogens with one attached hydrogen (secondary N) is 2. The van der Waals surface area contributed by atoms with E-state index < -0.39 is 5.66 Å². The van der Waals surface area contributed by atoms with Gasteiger partial charge in [0, 0.05) is 6.04 Å². The van der Waals surface area contributed by atoms with Crippen molar-refractivity contribution in [2.24, 2.45) is 0 Å². The summed E-state index contributed by atoms with van der Waals surface area (Å²) in [5, 5.41) is 6.00. The van der Waals surface area contributed by atoms with Crippen molar-refractivity contribution in [3.05, 3.63) is 29.8 Å². The van der Waals surface area contributed by atoms with E-state index in [1.54, 1.807) is 7.11 Å². The molecule has 0 aromatic heterocycles. The number of hydrogen-bond acceptors (Lipinski definition) is 3. The topological polar surface area (TPSA) is 36.5 Å². The summed E-state index contributed by atoms with van der Waals surface area (Å²) in [4.78, 5) is 0. The van der Waals surface area contributed by atoms with Crippen LogP contribution in [0.25, 0.3) is 0 Å². The zero-order valence-corrected chi connectivity index (χ0v) is 12.0. The molecule has 5 heteroatoms. The van der Waals surface area contributed by atoms with E-state index in [2.05, 4.69) is 37.6 Å². The van der Waals surface area contributed by atoms with Gasteiger partial charge >= 0.3 is 0 Å². The molecular weight excluding hydrogens is 246 g/mol. The Kier molecular flexibility index (Phi) is 3.45. The molecule has 4 nitrogen and oxygen atoms in total. The van der Waals surface area contributed by atoms with E-state index in [0.717, 1.165) is 16.4 Å². The van der Waals surface area contributed by atoms with Gasteiger partial charge in [-0.15, -0.1) is 0 Å². The summed E-state index contributed by atoms with van der Waals surface area (Å²) in [6.45, 7) is 6.26. The van der Waals surface area contributed by atoms with Gasteiger partial charge in [-0.05, 0) is 50.7 Å². The van der Waals surface area contributed by atoms with Crippen molar-refractivity contribution in [3.63, 3.8) is 0 Å². The molecular formula is C13H19N3OS. The van der Waals surface area contributed by atoms with E-state index in [0.29, 0.717) is 6.04 Å². The quantitative estimate of drug-likeness (QED) is 0.817. The molecule has 2 rings (SSSR count). The van der Waals surface area contributed by atoms with E-state index in [9.17, 15) is 0 Å². The average molecular weight is 265 g/mol. The van der Waals surface area contributed by atoms with E-state index in [-0.39, 0.29) is 0 Å². The fourth-order valence-corrected chi connectivity index (χ4v) is 2.49. The smallest absolute Gasteiger partial charge is 0.185 e. The lowest BCUT2D eigenvalue weighted by Crippen LogP contribution is -2.47. The molecule has 0 amide bonds. The first-order valence-corrected chi connectivity index (χ1v) is 6.41. The molecule has 98 valence electrons. The second kappa shape index (κ2) is 4.74. The Hall–Kier alpha value is -1.33. The minimum Gasteiger partial charge on any atom is -0.497 e. The maximum absolute atomic E-state index is 5.35. The summed E-state index contributed by atoms with van der Waals surface area (Å²) in [5.41, 5.74) is 4.11. The highest BCUT2D eigenvalue weighted by molar-refractivity contribution is 7.80. The van der Waals surface area contributed by atoms with Gasteiger partial charge in [0.1, 0.15) is 11.4 Å². The van der Waals surface area contributed by atoms with Crippen molar-refractivity contribution < 1.29 is 4.74 Å². The molecule has 1 aliphatic heterocycles.